The van der Waals surface area contributed by atoms with Crippen molar-refractivity contribution in [2.75, 3.05) is 0 Å². The number of halogens is 4. The Kier molecular flexibility index (Phi) is 3.93. The average Bonchev–Trinajstić information content (AvgIpc) is 2.12. The Morgan fingerprint density at radius 2 is 2.00 bits per heavy atom. The molecule has 0 amide bonds. The lowest BCUT2D eigenvalue weighted by atomic mass is 9.94. The van der Waals surface area contributed by atoms with Crippen LogP contribution in [0.15, 0.2) is 18.2 Å². The van der Waals surface area contributed by atoms with Crippen LogP contribution in [0.4, 0.5) is 8.78 Å². The van der Waals surface area contributed by atoms with Crippen molar-refractivity contribution in [3.8, 4) is 0 Å². The second-order valence-corrected chi connectivity index (χ2v) is 4.48. The molecule has 0 spiro atoms. The van der Waals surface area contributed by atoms with Crippen LogP contribution >= 0.6 is 23.2 Å². The van der Waals surface area contributed by atoms with E-state index in [1.807, 2.05) is 0 Å². The van der Waals surface area contributed by atoms with Gasteiger partial charge in [0.15, 0.2) is 0 Å². The van der Waals surface area contributed by atoms with Crippen molar-refractivity contribution in [3.05, 3.63) is 33.8 Å². The molecule has 0 fully saturated rings. The van der Waals surface area contributed by atoms with Crippen molar-refractivity contribution in [2.45, 2.75) is 25.3 Å². The van der Waals surface area contributed by atoms with Gasteiger partial charge in [0, 0.05) is 0 Å². The fraction of sp³-hybridized carbons (Fsp3) is 0.400. The maximum atomic E-state index is 12.5. The van der Waals surface area contributed by atoms with Crippen molar-refractivity contribution in [1.82, 2.24) is 0 Å². The largest absolute Gasteiger partial charge is 0.320 e. The summed E-state index contributed by atoms with van der Waals surface area (Å²) in [5, 5.41) is 0.635. The molecule has 0 aliphatic carbocycles. The molecule has 1 unspecified atom stereocenters. The van der Waals surface area contributed by atoms with Gasteiger partial charge in [0.1, 0.15) is 0 Å². The average molecular weight is 254 g/mol. The van der Waals surface area contributed by atoms with Gasteiger partial charge in [-0.3, -0.25) is 0 Å². The maximum absolute atomic E-state index is 12.5. The predicted molar refractivity (Wildman–Crippen MR) is 58.8 cm³/mol. The summed E-state index contributed by atoms with van der Waals surface area (Å²) in [6.45, 7) is 1.29. The van der Waals surface area contributed by atoms with E-state index in [4.69, 9.17) is 28.9 Å². The van der Waals surface area contributed by atoms with Crippen molar-refractivity contribution in [2.24, 2.45) is 5.73 Å². The summed E-state index contributed by atoms with van der Waals surface area (Å²) in [7, 11) is 0. The van der Waals surface area contributed by atoms with E-state index in [0.717, 1.165) is 0 Å². The molecule has 0 radical (unpaired) electrons. The van der Waals surface area contributed by atoms with Crippen LogP contribution in [0.25, 0.3) is 0 Å². The number of hydrogen-bond acceptors (Lipinski definition) is 1. The van der Waals surface area contributed by atoms with Gasteiger partial charge in [0.25, 0.3) is 6.43 Å². The molecular formula is C10H11Cl2F2N. The first-order chi connectivity index (χ1) is 6.84. The molecule has 1 nitrogen and oxygen atoms in total. The normalized spacial score (nSPS) is 15.4. The minimum Gasteiger partial charge on any atom is -0.320 e. The molecule has 0 aliphatic heterocycles. The lowest BCUT2D eigenvalue weighted by Crippen LogP contribution is -2.45. The Labute approximate surface area is 97.2 Å². The van der Waals surface area contributed by atoms with Crippen LogP contribution in [0, 0.1) is 0 Å². The first-order valence-electron chi connectivity index (χ1n) is 4.34. The van der Waals surface area contributed by atoms with Gasteiger partial charge in [0.2, 0.25) is 0 Å². The van der Waals surface area contributed by atoms with Gasteiger partial charge in [-0.05, 0) is 25.0 Å². The van der Waals surface area contributed by atoms with Crippen molar-refractivity contribution < 1.29 is 8.78 Å². The van der Waals surface area contributed by atoms with E-state index >= 15 is 0 Å². The Hall–Kier alpha value is -0.380. The van der Waals surface area contributed by atoms with Crippen LogP contribution in [-0.4, -0.2) is 12.0 Å². The van der Waals surface area contributed by atoms with E-state index in [1.54, 1.807) is 18.2 Å². The zero-order chi connectivity index (χ0) is 11.6. The highest BCUT2D eigenvalue weighted by atomic mass is 35.5. The molecule has 15 heavy (non-hydrogen) atoms. The van der Waals surface area contributed by atoms with E-state index in [0.29, 0.717) is 10.6 Å². The third kappa shape index (κ3) is 3.03. The summed E-state index contributed by atoms with van der Waals surface area (Å²) in [5.74, 6) is 0. The zero-order valence-electron chi connectivity index (χ0n) is 8.11. The van der Waals surface area contributed by atoms with E-state index in [2.05, 4.69) is 0 Å². The summed E-state index contributed by atoms with van der Waals surface area (Å²) in [6, 6.07) is 4.90. The van der Waals surface area contributed by atoms with Gasteiger partial charge in [-0.15, -0.1) is 0 Å². The van der Waals surface area contributed by atoms with Crippen molar-refractivity contribution in [1.29, 1.82) is 0 Å². The molecule has 1 aromatic carbocycles. The molecule has 0 saturated heterocycles. The first kappa shape index (κ1) is 12.7. The first-order valence-corrected chi connectivity index (χ1v) is 5.10. The number of hydrogen-bond donors (Lipinski definition) is 1. The summed E-state index contributed by atoms with van der Waals surface area (Å²) >= 11 is 11.6. The zero-order valence-corrected chi connectivity index (χ0v) is 9.62. The summed E-state index contributed by atoms with van der Waals surface area (Å²) < 4.78 is 25.1. The monoisotopic (exact) mass is 253 g/mol. The quantitative estimate of drug-likeness (QED) is 0.877. The Morgan fingerprint density at radius 1 is 1.40 bits per heavy atom. The van der Waals surface area contributed by atoms with Gasteiger partial charge < -0.3 is 5.73 Å². The van der Waals surface area contributed by atoms with Gasteiger partial charge >= 0.3 is 0 Å². The van der Waals surface area contributed by atoms with Crippen molar-refractivity contribution >= 4 is 23.2 Å². The Morgan fingerprint density at radius 3 is 2.53 bits per heavy atom. The Balaban J connectivity index is 2.95. The molecule has 84 valence electrons. The van der Waals surface area contributed by atoms with Gasteiger partial charge in [-0.2, -0.15) is 0 Å². The number of alkyl halides is 2. The minimum absolute atomic E-state index is 0.00986. The van der Waals surface area contributed by atoms with Crippen LogP contribution in [0.3, 0.4) is 0 Å². The topological polar surface area (TPSA) is 26.0 Å². The molecule has 0 heterocycles. The summed E-state index contributed by atoms with van der Waals surface area (Å²) in [4.78, 5) is 0. The molecule has 0 aliphatic rings. The van der Waals surface area contributed by atoms with Crippen LogP contribution < -0.4 is 5.73 Å². The molecule has 0 bridgehead atoms. The fourth-order valence-corrected chi connectivity index (χ4v) is 1.56. The maximum Gasteiger partial charge on any atom is 0.256 e. The highest BCUT2D eigenvalue weighted by molar-refractivity contribution is 6.42. The van der Waals surface area contributed by atoms with E-state index in [1.165, 1.54) is 6.92 Å². The van der Waals surface area contributed by atoms with Crippen LogP contribution in [0.1, 0.15) is 12.5 Å². The van der Waals surface area contributed by atoms with Gasteiger partial charge in [-0.1, -0.05) is 35.3 Å². The SMILES string of the molecule is CC(N)(Cc1cccc(Cl)c1Cl)C(F)F. The summed E-state index contributed by atoms with van der Waals surface area (Å²) in [5.41, 5.74) is 4.41. The second-order valence-electron chi connectivity index (χ2n) is 3.70. The predicted octanol–water partition coefficient (Wildman–Crippen LogP) is 3.52. The van der Waals surface area contributed by atoms with Crippen LogP contribution in [0.2, 0.25) is 10.0 Å². The van der Waals surface area contributed by atoms with E-state index in [9.17, 15) is 8.78 Å². The molecule has 1 rings (SSSR count). The highest BCUT2D eigenvalue weighted by Gasteiger charge is 2.31. The molecule has 2 N–H and O–H groups in total. The Bertz CT molecular complexity index is 353. The highest BCUT2D eigenvalue weighted by Crippen LogP contribution is 2.29. The van der Waals surface area contributed by atoms with E-state index in [-0.39, 0.29) is 11.4 Å². The van der Waals surface area contributed by atoms with Gasteiger partial charge in [0.05, 0.1) is 15.6 Å². The molecule has 0 aromatic heterocycles. The fourth-order valence-electron chi connectivity index (χ4n) is 1.17. The van der Waals surface area contributed by atoms with Crippen LogP contribution in [0.5, 0.6) is 0 Å². The number of rotatable bonds is 3. The van der Waals surface area contributed by atoms with Crippen molar-refractivity contribution in [3.63, 3.8) is 0 Å². The standard InChI is InChI=1S/C10H11Cl2F2N/c1-10(15,9(13)14)5-6-3-2-4-7(11)8(6)12/h2-4,9H,5,15H2,1H3. The smallest absolute Gasteiger partial charge is 0.256 e. The third-order valence-electron chi connectivity index (χ3n) is 2.10. The molecular weight excluding hydrogens is 243 g/mol. The summed E-state index contributed by atoms with van der Waals surface area (Å²) in [6.07, 6.45) is -2.61. The van der Waals surface area contributed by atoms with Gasteiger partial charge in [-0.25, -0.2) is 8.78 Å². The minimum atomic E-state index is -2.60. The lowest BCUT2D eigenvalue weighted by Gasteiger charge is -2.24. The molecule has 1 atom stereocenters. The second kappa shape index (κ2) is 4.64. The lowest BCUT2D eigenvalue weighted by molar-refractivity contribution is 0.0639. The number of nitrogens with two attached hydrogens (primary N) is 1. The van der Waals surface area contributed by atoms with E-state index < -0.39 is 12.0 Å². The number of benzene rings is 1. The van der Waals surface area contributed by atoms with Crippen LogP contribution in [-0.2, 0) is 6.42 Å². The third-order valence-corrected chi connectivity index (χ3v) is 2.96. The molecule has 0 saturated carbocycles. The molecule has 5 heteroatoms. The molecule has 1 aromatic rings.